The molecule has 14 heavy (non-hydrogen) atoms. The van der Waals surface area contributed by atoms with Crippen molar-refractivity contribution in [3.63, 3.8) is 0 Å². The molecule has 1 aromatic heterocycles. The van der Waals surface area contributed by atoms with E-state index in [2.05, 4.69) is 20.9 Å². The van der Waals surface area contributed by atoms with Crippen molar-refractivity contribution in [2.24, 2.45) is 0 Å². The first kappa shape index (κ1) is 10.8. The molecule has 0 unspecified atom stereocenters. The predicted octanol–water partition coefficient (Wildman–Crippen LogP) is 1.77. The Morgan fingerprint density at radius 3 is 2.57 bits per heavy atom. The zero-order valence-corrected chi connectivity index (χ0v) is 8.14. The van der Waals surface area contributed by atoms with Crippen LogP contribution in [0.5, 0.6) is 0 Å². The lowest BCUT2D eigenvalue weighted by Crippen LogP contribution is -2.17. The van der Waals surface area contributed by atoms with E-state index in [1.165, 1.54) is 0 Å². The van der Waals surface area contributed by atoms with Crippen molar-refractivity contribution >= 4 is 21.9 Å². The number of halogens is 3. The van der Waals surface area contributed by atoms with Gasteiger partial charge in [0.1, 0.15) is 5.69 Å². The van der Waals surface area contributed by atoms with Gasteiger partial charge in [0.15, 0.2) is 5.43 Å². The zero-order chi connectivity index (χ0) is 10.9. The highest BCUT2D eigenvalue weighted by Gasteiger charge is 2.22. The van der Waals surface area contributed by atoms with E-state index < -0.39 is 29.1 Å². The van der Waals surface area contributed by atoms with Crippen LogP contribution >= 0.6 is 15.9 Å². The summed E-state index contributed by atoms with van der Waals surface area (Å²) in [5.74, 6) is -1.60. The van der Waals surface area contributed by atoms with Crippen LogP contribution in [0.2, 0.25) is 0 Å². The minimum absolute atomic E-state index is 0.0456. The Morgan fingerprint density at radius 2 is 2.14 bits per heavy atom. The highest BCUT2D eigenvalue weighted by molar-refractivity contribution is 9.10. The maximum atomic E-state index is 12.3. The molecule has 0 radical (unpaired) electrons. The number of hydrogen-bond acceptors (Lipinski definition) is 2. The van der Waals surface area contributed by atoms with Gasteiger partial charge in [-0.05, 0) is 15.9 Å². The lowest BCUT2D eigenvalue weighted by Gasteiger charge is -2.04. The van der Waals surface area contributed by atoms with Gasteiger partial charge in [-0.2, -0.15) is 0 Å². The van der Waals surface area contributed by atoms with Crippen molar-refractivity contribution in [2.45, 2.75) is 6.43 Å². The van der Waals surface area contributed by atoms with Gasteiger partial charge in [-0.3, -0.25) is 4.79 Å². The number of pyridine rings is 1. The van der Waals surface area contributed by atoms with Crippen LogP contribution in [-0.4, -0.2) is 16.1 Å². The molecule has 1 heterocycles. The van der Waals surface area contributed by atoms with Crippen LogP contribution in [0.3, 0.4) is 0 Å². The molecule has 1 rings (SSSR count). The molecule has 0 aromatic carbocycles. The molecule has 7 heteroatoms. The number of aromatic carboxylic acids is 1. The molecule has 0 spiro atoms. The Hall–Kier alpha value is -1.24. The largest absolute Gasteiger partial charge is 0.477 e. The van der Waals surface area contributed by atoms with Crippen LogP contribution in [0.4, 0.5) is 8.78 Å². The average molecular weight is 268 g/mol. The fourth-order valence-electron chi connectivity index (χ4n) is 0.924. The topological polar surface area (TPSA) is 70.2 Å². The van der Waals surface area contributed by atoms with Crippen LogP contribution < -0.4 is 5.43 Å². The normalized spacial score (nSPS) is 10.6. The van der Waals surface area contributed by atoms with E-state index in [0.29, 0.717) is 0 Å². The van der Waals surface area contributed by atoms with Gasteiger partial charge in [-0.25, -0.2) is 13.6 Å². The summed E-state index contributed by atoms with van der Waals surface area (Å²) in [5.41, 5.74) is -2.83. The van der Waals surface area contributed by atoms with E-state index in [4.69, 9.17) is 5.11 Å². The molecule has 0 fully saturated rings. The van der Waals surface area contributed by atoms with Gasteiger partial charge >= 0.3 is 5.97 Å². The molecule has 0 saturated heterocycles. The lowest BCUT2D eigenvalue weighted by atomic mass is 10.2. The number of H-pyrrole nitrogens is 1. The Morgan fingerprint density at radius 1 is 1.57 bits per heavy atom. The summed E-state index contributed by atoms with van der Waals surface area (Å²) >= 11 is 2.80. The number of alkyl halides is 2. The van der Waals surface area contributed by atoms with Crippen LogP contribution in [0, 0.1) is 0 Å². The van der Waals surface area contributed by atoms with E-state index in [9.17, 15) is 18.4 Å². The van der Waals surface area contributed by atoms with Crippen LogP contribution in [0.25, 0.3) is 0 Å². The molecule has 0 aliphatic carbocycles. The summed E-state index contributed by atoms with van der Waals surface area (Å²) in [5, 5.41) is 8.54. The second kappa shape index (κ2) is 3.87. The van der Waals surface area contributed by atoms with Crippen molar-refractivity contribution in [2.75, 3.05) is 0 Å². The third-order valence-corrected chi connectivity index (χ3v) is 1.90. The minimum Gasteiger partial charge on any atom is -0.477 e. The van der Waals surface area contributed by atoms with E-state index in [1.54, 1.807) is 0 Å². The number of carboxylic acids is 1. The molecule has 2 N–H and O–H groups in total. The maximum absolute atomic E-state index is 12.3. The molecule has 0 aliphatic rings. The number of carboxylic acid groups (broad SMARTS) is 1. The highest BCUT2D eigenvalue weighted by atomic mass is 79.9. The van der Waals surface area contributed by atoms with Crippen LogP contribution in [0.15, 0.2) is 15.5 Å². The summed E-state index contributed by atoms with van der Waals surface area (Å²) in [7, 11) is 0. The average Bonchev–Trinajstić information content (AvgIpc) is 2.01. The quantitative estimate of drug-likeness (QED) is 0.803. The van der Waals surface area contributed by atoms with E-state index in [1.807, 2.05) is 0 Å². The molecule has 76 valence electrons. The fourth-order valence-corrected chi connectivity index (χ4v) is 1.33. The van der Waals surface area contributed by atoms with Gasteiger partial charge < -0.3 is 10.1 Å². The third-order valence-electron chi connectivity index (χ3n) is 1.47. The van der Waals surface area contributed by atoms with Gasteiger partial charge in [0.05, 0.1) is 10.2 Å². The van der Waals surface area contributed by atoms with E-state index >= 15 is 0 Å². The zero-order valence-electron chi connectivity index (χ0n) is 6.55. The van der Waals surface area contributed by atoms with Crippen molar-refractivity contribution in [1.29, 1.82) is 0 Å². The second-order valence-corrected chi connectivity index (χ2v) is 3.23. The number of rotatable bonds is 2. The third kappa shape index (κ3) is 1.98. The summed E-state index contributed by atoms with van der Waals surface area (Å²) in [4.78, 5) is 23.7. The number of nitrogens with one attached hydrogen (secondary N) is 1. The molecule has 0 saturated carbocycles. The Bertz CT molecular complexity index is 429. The summed E-state index contributed by atoms with van der Waals surface area (Å²) in [6.07, 6.45) is -3.11. The molecule has 1 aromatic rings. The molecule has 4 nitrogen and oxygen atoms in total. The molecular weight excluding hydrogens is 264 g/mol. The van der Waals surface area contributed by atoms with E-state index in [0.717, 1.165) is 6.07 Å². The van der Waals surface area contributed by atoms with Gasteiger partial charge in [0, 0.05) is 6.07 Å². The monoisotopic (exact) mass is 267 g/mol. The van der Waals surface area contributed by atoms with Crippen LogP contribution in [0.1, 0.15) is 22.5 Å². The standard InChI is InChI=1S/C7H4BrF2NO3/c8-3-1-2(12)4(6(9)10)5(11-3)7(13)14/h1,6H,(H,11,12)(H,13,14). The maximum Gasteiger partial charge on any atom is 0.352 e. The Kier molecular flexibility index (Phi) is 3.00. The summed E-state index contributed by atoms with van der Waals surface area (Å²) in [6.45, 7) is 0. The van der Waals surface area contributed by atoms with Crippen molar-refractivity contribution in [3.8, 4) is 0 Å². The summed E-state index contributed by atoms with van der Waals surface area (Å²) in [6, 6.07) is 0.855. The molecular formula is C7H4BrF2NO3. The minimum atomic E-state index is -3.11. The second-order valence-electron chi connectivity index (χ2n) is 2.38. The SMILES string of the molecule is O=C(O)c1[nH]c(Br)cc(=O)c1C(F)F. The fraction of sp³-hybridized carbons (Fsp3) is 0.143. The first-order valence-corrected chi connectivity index (χ1v) is 4.17. The van der Waals surface area contributed by atoms with Crippen molar-refractivity contribution in [1.82, 2.24) is 4.98 Å². The van der Waals surface area contributed by atoms with Gasteiger partial charge in [-0.15, -0.1) is 0 Å². The van der Waals surface area contributed by atoms with Crippen molar-refractivity contribution < 1.29 is 18.7 Å². The highest BCUT2D eigenvalue weighted by Crippen LogP contribution is 2.19. The van der Waals surface area contributed by atoms with Gasteiger partial charge in [-0.1, -0.05) is 0 Å². The Labute approximate surface area is 84.7 Å². The molecule has 0 aliphatic heterocycles. The lowest BCUT2D eigenvalue weighted by molar-refractivity contribution is 0.0676. The predicted molar refractivity (Wildman–Crippen MR) is 46.7 cm³/mol. The molecule has 0 atom stereocenters. The number of hydrogen-bond donors (Lipinski definition) is 2. The number of carbonyl (C=O) groups is 1. The molecule has 0 bridgehead atoms. The number of aromatic amines is 1. The van der Waals surface area contributed by atoms with Crippen molar-refractivity contribution in [3.05, 3.63) is 32.2 Å². The smallest absolute Gasteiger partial charge is 0.352 e. The number of aromatic nitrogens is 1. The summed E-state index contributed by atoms with van der Waals surface area (Å²) < 4.78 is 24.6. The Balaban J connectivity index is 3.53. The first-order chi connectivity index (χ1) is 6.43. The first-order valence-electron chi connectivity index (χ1n) is 3.37. The molecule has 0 amide bonds. The van der Waals surface area contributed by atoms with Gasteiger partial charge in [0.25, 0.3) is 6.43 Å². The van der Waals surface area contributed by atoms with Gasteiger partial charge in [0.2, 0.25) is 0 Å². The van der Waals surface area contributed by atoms with E-state index in [-0.39, 0.29) is 4.60 Å². The van der Waals surface area contributed by atoms with Crippen LogP contribution in [-0.2, 0) is 0 Å².